The second-order valence-corrected chi connectivity index (χ2v) is 7.06. The lowest BCUT2D eigenvalue weighted by Crippen LogP contribution is -2.44. The Kier molecular flexibility index (Phi) is 6.41. The predicted molar refractivity (Wildman–Crippen MR) is 109 cm³/mol. The van der Waals surface area contributed by atoms with Gasteiger partial charge in [0, 0.05) is 38.9 Å². The van der Waals surface area contributed by atoms with E-state index in [2.05, 4.69) is 37.3 Å². The lowest BCUT2D eigenvalue weighted by Gasteiger charge is -2.33. The van der Waals surface area contributed by atoms with Crippen molar-refractivity contribution < 1.29 is 4.79 Å². The smallest absolute Gasteiger partial charge is 0.277 e. The largest absolute Gasteiger partial charge is 0.354 e. The van der Waals surface area contributed by atoms with Crippen LogP contribution in [-0.4, -0.2) is 59.2 Å². The van der Waals surface area contributed by atoms with Gasteiger partial charge in [0.15, 0.2) is 0 Å². The molecular weight excluding hydrogens is 356 g/mol. The van der Waals surface area contributed by atoms with E-state index in [4.69, 9.17) is 0 Å². The standard InChI is InChI=1S/C20H28N6O2/c1-4-15-16(5-2)23-24-20(28)18(15)19(27)22-13-14-6-7-17(21-12-14)26-10-8-25(3)9-11-26/h6-7,12H,4-5,8-11,13H2,1-3H3,(H,22,27)(H,24,28). The molecule has 1 saturated heterocycles. The number of H-pyrrole nitrogens is 1. The van der Waals surface area contributed by atoms with E-state index in [0.29, 0.717) is 24.9 Å². The zero-order valence-electron chi connectivity index (χ0n) is 16.8. The Labute approximate surface area is 165 Å². The van der Waals surface area contributed by atoms with Gasteiger partial charge in [0.05, 0.1) is 5.69 Å². The average molecular weight is 384 g/mol. The summed E-state index contributed by atoms with van der Waals surface area (Å²) in [6.07, 6.45) is 3.03. The van der Waals surface area contributed by atoms with E-state index in [1.54, 1.807) is 6.20 Å². The van der Waals surface area contributed by atoms with Crippen molar-refractivity contribution in [3.05, 3.63) is 51.1 Å². The highest BCUT2D eigenvalue weighted by Gasteiger charge is 2.19. The number of hydrogen-bond donors (Lipinski definition) is 2. The number of anilines is 1. The maximum Gasteiger partial charge on any atom is 0.277 e. The molecule has 3 heterocycles. The van der Waals surface area contributed by atoms with Crippen molar-refractivity contribution in [3.8, 4) is 0 Å². The van der Waals surface area contributed by atoms with E-state index in [-0.39, 0.29) is 11.5 Å². The molecule has 3 rings (SSSR count). The number of aryl methyl sites for hydroxylation is 1. The average Bonchev–Trinajstić information content (AvgIpc) is 2.72. The van der Waals surface area contributed by atoms with Crippen LogP contribution in [0.3, 0.4) is 0 Å². The second kappa shape index (κ2) is 8.97. The molecule has 0 radical (unpaired) electrons. The van der Waals surface area contributed by atoms with Gasteiger partial charge in [0.2, 0.25) is 0 Å². The van der Waals surface area contributed by atoms with Gasteiger partial charge in [0.25, 0.3) is 11.5 Å². The van der Waals surface area contributed by atoms with Gasteiger partial charge >= 0.3 is 0 Å². The van der Waals surface area contributed by atoms with Crippen LogP contribution < -0.4 is 15.8 Å². The lowest BCUT2D eigenvalue weighted by molar-refractivity contribution is 0.0948. The maximum atomic E-state index is 12.6. The van der Waals surface area contributed by atoms with Crippen LogP contribution in [0.2, 0.25) is 0 Å². The summed E-state index contributed by atoms with van der Waals surface area (Å²) in [6, 6.07) is 3.95. The molecule has 1 fully saturated rings. The molecule has 1 amide bonds. The van der Waals surface area contributed by atoms with E-state index in [0.717, 1.165) is 43.3 Å². The number of aromatic nitrogens is 3. The number of pyridine rings is 1. The third-order valence-corrected chi connectivity index (χ3v) is 5.17. The molecule has 8 nitrogen and oxygen atoms in total. The number of piperazine rings is 1. The van der Waals surface area contributed by atoms with Crippen molar-refractivity contribution in [1.82, 2.24) is 25.4 Å². The number of amides is 1. The summed E-state index contributed by atoms with van der Waals surface area (Å²) in [5, 5.41) is 9.32. The third kappa shape index (κ3) is 4.39. The molecule has 1 aliphatic rings. The minimum atomic E-state index is -0.449. The molecular formula is C20H28N6O2. The van der Waals surface area contributed by atoms with Gasteiger partial charge in [-0.1, -0.05) is 19.9 Å². The van der Waals surface area contributed by atoms with Crippen LogP contribution >= 0.6 is 0 Å². The zero-order chi connectivity index (χ0) is 20.1. The first-order chi connectivity index (χ1) is 13.5. The van der Waals surface area contributed by atoms with Crippen LogP contribution in [0.1, 0.15) is 41.0 Å². The van der Waals surface area contributed by atoms with Crippen LogP contribution in [0.15, 0.2) is 23.1 Å². The van der Waals surface area contributed by atoms with Crippen molar-refractivity contribution in [2.45, 2.75) is 33.2 Å². The zero-order valence-corrected chi connectivity index (χ0v) is 16.8. The van der Waals surface area contributed by atoms with Gasteiger partial charge in [-0.15, -0.1) is 0 Å². The third-order valence-electron chi connectivity index (χ3n) is 5.17. The van der Waals surface area contributed by atoms with Crippen molar-refractivity contribution in [1.29, 1.82) is 0 Å². The Morgan fingerprint density at radius 2 is 1.93 bits per heavy atom. The lowest BCUT2D eigenvalue weighted by atomic mass is 10.0. The van der Waals surface area contributed by atoms with Crippen molar-refractivity contribution in [2.24, 2.45) is 0 Å². The molecule has 0 unspecified atom stereocenters. The number of rotatable bonds is 6. The minimum absolute atomic E-state index is 0.163. The molecule has 8 heteroatoms. The fourth-order valence-electron chi connectivity index (χ4n) is 3.45. The number of likely N-dealkylation sites (N-methyl/N-ethyl adjacent to an activating group) is 1. The fourth-order valence-corrected chi connectivity index (χ4v) is 3.45. The SMILES string of the molecule is CCc1n[nH]c(=O)c(C(=O)NCc2ccc(N3CCN(C)CC3)nc2)c1CC. The van der Waals surface area contributed by atoms with Gasteiger partial charge in [-0.25, -0.2) is 10.1 Å². The van der Waals surface area contributed by atoms with E-state index >= 15 is 0 Å². The number of carbonyl (C=O) groups excluding carboxylic acids is 1. The highest BCUT2D eigenvalue weighted by Crippen LogP contribution is 2.14. The maximum absolute atomic E-state index is 12.6. The van der Waals surface area contributed by atoms with Crippen molar-refractivity contribution in [2.75, 3.05) is 38.1 Å². The minimum Gasteiger partial charge on any atom is -0.354 e. The number of nitrogens with one attached hydrogen (secondary N) is 2. The molecule has 0 aliphatic carbocycles. The van der Waals surface area contributed by atoms with Gasteiger partial charge in [0.1, 0.15) is 11.4 Å². The molecule has 0 atom stereocenters. The predicted octanol–water partition coefficient (Wildman–Crippen LogP) is 0.972. The number of carbonyl (C=O) groups is 1. The normalized spacial score (nSPS) is 14.9. The number of nitrogens with zero attached hydrogens (tertiary/aromatic N) is 4. The van der Waals surface area contributed by atoms with E-state index in [9.17, 15) is 9.59 Å². The quantitative estimate of drug-likeness (QED) is 0.771. The number of hydrogen-bond acceptors (Lipinski definition) is 6. The Morgan fingerprint density at radius 3 is 2.54 bits per heavy atom. The molecule has 0 bridgehead atoms. The molecule has 0 spiro atoms. The van der Waals surface area contributed by atoms with Gasteiger partial charge < -0.3 is 15.1 Å². The van der Waals surface area contributed by atoms with Crippen LogP contribution in [-0.2, 0) is 19.4 Å². The molecule has 150 valence electrons. The van der Waals surface area contributed by atoms with E-state index in [1.165, 1.54) is 0 Å². The monoisotopic (exact) mass is 384 g/mol. The molecule has 2 N–H and O–H groups in total. The van der Waals surface area contributed by atoms with Crippen molar-refractivity contribution in [3.63, 3.8) is 0 Å². The number of aromatic amines is 1. The topological polar surface area (TPSA) is 94.2 Å². The van der Waals surface area contributed by atoms with Crippen LogP contribution in [0.5, 0.6) is 0 Å². The van der Waals surface area contributed by atoms with Crippen LogP contribution in [0.25, 0.3) is 0 Å². The molecule has 1 aliphatic heterocycles. The Morgan fingerprint density at radius 1 is 1.18 bits per heavy atom. The molecule has 0 saturated carbocycles. The highest BCUT2D eigenvalue weighted by molar-refractivity contribution is 5.95. The van der Waals surface area contributed by atoms with E-state index in [1.807, 2.05) is 26.0 Å². The summed E-state index contributed by atoms with van der Waals surface area (Å²) >= 11 is 0. The molecule has 28 heavy (non-hydrogen) atoms. The van der Waals surface area contributed by atoms with Crippen LogP contribution in [0.4, 0.5) is 5.82 Å². The molecule has 2 aromatic heterocycles. The Balaban J connectivity index is 1.66. The summed E-state index contributed by atoms with van der Waals surface area (Å²) in [7, 11) is 2.12. The second-order valence-electron chi connectivity index (χ2n) is 7.06. The summed E-state index contributed by atoms with van der Waals surface area (Å²) in [6.45, 7) is 8.18. The molecule has 2 aromatic rings. The fraction of sp³-hybridized carbons (Fsp3) is 0.500. The highest BCUT2D eigenvalue weighted by atomic mass is 16.2. The first-order valence-corrected chi connectivity index (χ1v) is 9.80. The van der Waals surface area contributed by atoms with Gasteiger partial charge in [-0.05, 0) is 37.1 Å². The Bertz CT molecular complexity index is 869. The summed E-state index contributed by atoms with van der Waals surface area (Å²) in [4.78, 5) is 33.9. The first-order valence-electron chi connectivity index (χ1n) is 9.80. The summed E-state index contributed by atoms with van der Waals surface area (Å²) in [5.41, 5.74) is 2.08. The Hall–Kier alpha value is -2.74. The van der Waals surface area contributed by atoms with Crippen LogP contribution in [0, 0.1) is 0 Å². The molecule has 0 aromatic carbocycles. The first kappa shape index (κ1) is 20.0. The van der Waals surface area contributed by atoms with E-state index < -0.39 is 5.56 Å². The summed E-state index contributed by atoms with van der Waals surface area (Å²) < 4.78 is 0. The van der Waals surface area contributed by atoms with Gasteiger partial charge in [-0.3, -0.25) is 9.59 Å². The van der Waals surface area contributed by atoms with Gasteiger partial charge in [-0.2, -0.15) is 5.10 Å². The van der Waals surface area contributed by atoms with Crippen molar-refractivity contribution >= 4 is 11.7 Å². The summed E-state index contributed by atoms with van der Waals surface area (Å²) in [5.74, 6) is 0.577.